The molecule has 1 aromatic rings. The van der Waals surface area contributed by atoms with Gasteiger partial charge in [-0.3, -0.25) is 9.69 Å². The maximum absolute atomic E-state index is 11.5. The Labute approximate surface area is 139 Å². The first-order valence-corrected chi connectivity index (χ1v) is 8.50. The first-order chi connectivity index (χ1) is 10.9. The highest BCUT2D eigenvalue weighted by molar-refractivity contribution is 5.79. The number of rotatable bonds is 6. The number of aromatic nitrogens is 1. The van der Waals surface area contributed by atoms with Gasteiger partial charge in [0.25, 0.3) is 0 Å². The van der Waals surface area contributed by atoms with Crippen molar-refractivity contribution < 1.29 is 9.53 Å². The van der Waals surface area contributed by atoms with Crippen LogP contribution in [0.1, 0.15) is 52.0 Å². The van der Waals surface area contributed by atoms with Crippen molar-refractivity contribution >= 4 is 5.91 Å². The lowest BCUT2D eigenvalue weighted by molar-refractivity contribution is -0.124. The number of pyridine rings is 1. The van der Waals surface area contributed by atoms with Gasteiger partial charge in [-0.15, -0.1) is 0 Å². The monoisotopic (exact) mass is 319 g/mol. The molecule has 128 valence electrons. The number of nitrogens with zero attached hydrogens (tertiary/aromatic N) is 2. The van der Waals surface area contributed by atoms with Crippen LogP contribution in [-0.4, -0.2) is 41.5 Å². The zero-order chi connectivity index (χ0) is 16.9. The third-order valence-electron chi connectivity index (χ3n) is 4.38. The summed E-state index contributed by atoms with van der Waals surface area (Å²) in [6.07, 6.45) is 5.85. The van der Waals surface area contributed by atoms with Gasteiger partial charge in [-0.25, -0.2) is 4.98 Å². The molecule has 1 amide bonds. The zero-order valence-electron chi connectivity index (χ0n) is 14.5. The Morgan fingerprint density at radius 3 is 2.78 bits per heavy atom. The van der Waals surface area contributed by atoms with Gasteiger partial charge >= 0.3 is 0 Å². The second-order valence-corrected chi connectivity index (χ2v) is 7.29. The smallest absolute Gasteiger partial charge is 0.234 e. The Balaban J connectivity index is 1.75. The van der Waals surface area contributed by atoms with Gasteiger partial charge in [0.1, 0.15) is 0 Å². The van der Waals surface area contributed by atoms with Crippen molar-refractivity contribution in [3.63, 3.8) is 0 Å². The fourth-order valence-corrected chi connectivity index (χ4v) is 2.93. The minimum atomic E-state index is -0.204. The third kappa shape index (κ3) is 5.20. The van der Waals surface area contributed by atoms with Crippen molar-refractivity contribution in [2.75, 3.05) is 19.7 Å². The van der Waals surface area contributed by atoms with Crippen molar-refractivity contribution in [1.82, 2.24) is 9.88 Å². The molecule has 1 aliphatic rings. The molecule has 23 heavy (non-hydrogen) atoms. The predicted molar refractivity (Wildman–Crippen MR) is 91.5 cm³/mol. The van der Waals surface area contributed by atoms with E-state index in [-0.39, 0.29) is 17.4 Å². The molecule has 2 rings (SSSR count). The van der Waals surface area contributed by atoms with E-state index in [2.05, 4.69) is 36.7 Å². The van der Waals surface area contributed by atoms with Crippen LogP contribution < -0.4 is 10.5 Å². The summed E-state index contributed by atoms with van der Waals surface area (Å²) < 4.78 is 5.71. The molecule has 2 heterocycles. The van der Waals surface area contributed by atoms with E-state index in [0.717, 1.165) is 38.8 Å². The van der Waals surface area contributed by atoms with E-state index >= 15 is 0 Å². The molecular formula is C18H29N3O2. The molecule has 0 saturated carbocycles. The molecule has 1 unspecified atom stereocenters. The van der Waals surface area contributed by atoms with Crippen molar-refractivity contribution in [2.45, 2.75) is 57.9 Å². The molecule has 0 aliphatic carbocycles. The molecule has 1 aromatic heterocycles. The van der Waals surface area contributed by atoms with E-state index in [1.165, 1.54) is 5.56 Å². The number of carbonyl (C=O) groups is 1. The highest BCUT2D eigenvalue weighted by Crippen LogP contribution is 2.22. The molecule has 0 spiro atoms. The summed E-state index contributed by atoms with van der Waals surface area (Å²) >= 11 is 0. The van der Waals surface area contributed by atoms with Crippen LogP contribution in [0.2, 0.25) is 0 Å². The summed E-state index contributed by atoms with van der Waals surface area (Å²) in [6, 6.07) is 3.89. The number of likely N-dealkylation sites (tertiary alicyclic amines) is 1. The minimum Gasteiger partial charge on any atom is -0.478 e. The van der Waals surface area contributed by atoms with Gasteiger partial charge < -0.3 is 10.5 Å². The number of hydrogen-bond acceptors (Lipinski definition) is 4. The van der Waals surface area contributed by atoms with E-state index in [1.54, 1.807) is 0 Å². The Hall–Kier alpha value is -1.62. The second-order valence-electron chi connectivity index (χ2n) is 7.29. The third-order valence-corrected chi connectivity index (χ3v) is 4.38. The quantitative estimate of drug-likeness (QED) is 0.818. The van der Waals surface area contributed by atoms with Gasteiger partial charge in [-0.05, 0) is 36.8 Å². The van der Waals surface area contributed by atoms with Crippen LogP contribution in [0, 0.1) is 0 Å². The van der Waals surface area contributed by atoms with Crippen LogP contribution >= 0.6 is 0 Å². The molecule has 0 aromatic carbocycles. The average molecular weight is 319 g/mol. The SMILES string of the molecule is CC(C)(C)c1ccc(OCCCN2CCCCC2C(N)=O)nc1. The second kappa shape index (κ2) is 7.77. The minimum absolute atomic E-state index is 0.101. The zero-order valence-corrected chi connectivity index (χ0v) is 14.5. The number of carbonyl (C=O) groups excluding carboxylic acids is 1. The van der Waals surface area contributed by atoms with Crippen molar-refractivity contribution in [3.8, 4) is 5.88 Å². The van der Waals surface area contributed by atoms with E-state index in [9.17, 15) is 4.79 Å². The number of hydrogen-bond donors (Lipinski definition) is 1. The molecule has 5 nitrogen and oxygen atoms in total. The molecule has 1 aliphatic heterocycles. The summed E-state index contributed by atoms with van der Waals surface area (Å²) in [7, 11) is 0. The van der Waals surface area contributed by atoms with Crippen molar-refractivity contribution in [3.05, 3.63) is 23.9 Å². The fraction of sp³-hybridized carbons (Fsp3) is 0.667. The molecule has 1 atom stereocenters. The average Bonchev–Trinajstić information content (AvgIpc) is 2.51. The highest BCUT2D eigenvalue weighted by Gasteiger charge is 2.26. The largest absolute Gasteiger partial charge is 0.478 e. The fourth-order valence-electron chi connectivity index (χ4n) is 2.93. The van der Waals surface area contributed by atoms with Crippen LogP contribution in [0.25, 0.3) is 0 Å². The van der Waals surface area contributed by atoms with E-state index in [0.29, 0.717) is 12.5 Å². The lowest BCUT2D eigenvalue weighted by atomic mass is 9.88. The summed E-state index contributed by atoms with van der Waals surface area (Å²) in [4.78, 5) is 18.0. The Morgan fingerprint density at radius 2 is 2.17 bits per heavy atom. The Morgan fingerprint density at radius 1 is 1.39 bits per heavy atom. The van der Waals surface area contributed by atoms with Gasteiger partial charge in [0, 0.05) is 18.8 Å². The van der Waals surface area contributed by atoms with E-state index < -0.39 is 0 Å². The van der Waals surface area contributed by atoms with Crippen LogP contribution in [0.4, 0.5) is 0 Å². The standard InChI is InChI=1S/C18H29N3O2/c1-18(2,3)14-8-9-16(20-13-14)23-12-6-11-21-10-5-4-7-15(21)17(19)22/h8-9,13,15H,4-7,10-12H2,1-3H3,(H2,19,22). The van der Waals surface area contributed by atoms with Crippen molar-refractivity contribution in [1.29, 1.82) is 0 Å². The maximum Gasteiger partial charge on any atom is 0.234 e. The molecule has 0 bridgehead atoms. The molecule has 5 heteroatoms. The predicted octanol–water partition coefficient (Wildman–Crippen LogP) is 2.49. The molecular weight excluding hydrogens is 290 g/mol. The lowest BCUT2D eigenvalue weighted by Gasteiger charge is -2.33. The van der Waals surface area contributed by atoms with Gasteiger partial charge in [0.15, 0.2) is 0 Å². The Kier molecular flexibility index (Phi) is 5.99. The van der Waals surface area contributed by atoms with Crippen LogP contribution in [0.3, 0.4) is 0 Å². The van der Waals surface area contributed by atoms with Gasteiger partial charge in [-0.1, -0.05) is 33.3 Å². The number of amides is 1. The van der Waals surface area contributed by atoms with E-state index in [1.807, 2.05) is 12.3 Å². The number of nitrogens with two attached hydrogens (primary N) is 1. The van der Waals surface area contributed by atoms with Gasteiger partial charge in [0.2, 0.25) is 11.8 Å². The summed E-state index contributed by atoms with van der Waals surface area (Å²) in [5.74, 6) is 0.452. The maximum atomic E-state index is 11.5. The summed E-state index contributed by atoms with van der Waals surface area (Å²) in [5.41, 5.74) is 6.78. The van der Waals surface area contributed by atoms with Crippen molar-refractivity contribution in [2.24, 2.45) is 5.73 Å². The highest BCUT2D eigenvalue weighted by atomic mass is 16.5. The van der Waals surface area contributed by atoms with Gasteiger partial charge in [-0.2, -0.15) is 0 Å². The first-order valence-electron chi connectivity index (χ1n) is 8.50. The normalized spacial score (nSPS) is 19.5. The summed E-state index contributed by atoms with van der Waals surface area (Å²) in [5, 5.41) is 0. The van der Waals surface area contributed by atoms with Crippen LogP contribution in [-0.2, 0) is 10.2 Å². The topological polar surface area (TPSA) is 68.5 Å². The molecule has 1 saturated heterocycles. The first kappa shape index (κ1) is 17.7. The molecule has 0 radical (unpaired) electrons. The van der Waals surface area contributed by atoms with Crippen LogP contribution in [0.5, 0.6) is 5.88 Å². The number of piperidine rings is 1. The molecule has 1 fully saturated rings. The number of primary amides is 1. The number of ether oxygens (including phenoxy) is 1. The summed E-state index contributed by atoms with van der Waals surface area (Å²) in [6.45, 7) is 8.89. The Bertz CT molecular complexity index is 508. The lowest BCUT2D eigenvalue weighted by Crippen LogP contribution is -2.48. The van der Waals surface area contributed by atoms with Gasteiger partial charge in [0.05, 0.1) is 12.6 Å². The van der Waals surface area contributed by atoms with Crippen LogP contribution in [0.15, 0.2) is 18.3 Å². The van der Waals surface area contributed by atoms with E-state index in [4.69, 9.17) is 10.5 Å². The molecule has 2 N–H and O–H groups in total.